The van der Waals surface area contributed by atoms with E-state index in [-0.39, 0.29) is 12.2 Å². The number of carbonyl (C=O) groups is 1. The minimum absolute atomic E-state index is 0.114. The lowest BCUT2D eigenvalue weighted by Crippen LogP contribution is -2.44. The van der Waals surface area contributed by atoms with Gasteiger partial charge in [0.25, 0.3) is 0 Å². The van der Waals surface area contributed by atoms with Crippen molar-refractivity contribution in [3.05, 3.63) is 0 Å². The number of nitrogens with two attached hydrogens (primary N) is 1. The maximum Gasteiger partial charge on any atom is 0.407 e. The molecule has 0 heterocycles. The van der Waals surface area contributed by atoms with E-state index < -0.39 is 0 Å². The van der Waals surface area contributed by atoms with Gasteiger partial charge in [0.15, 0.2) is 0 Å². The molecule has 1 amide bonds. The zero-order valence-corrected chi connectivity index (χ0v) is 8.37. The summed E-state index contributed by atoms with van der Waals surface area (Å²) in [5, 5.41) is 2.86. The molecule has 4 nitrogen and oxygen atoms in total. The molecule has 0 atom stereocenters. The first-order valence-electron chi connectivity index (χ1n) is 5.45. The Bertz CT molecular complexity index is 210. The molecule has 0 radical (unpaired) electrons. The first-order valence-corrected chi connectivity index (χ1v) is 5.45. The maximum atomic E-state index is 11.3. The summed E-state index contributed by atoms with van der Waals surface area (Å²) in [4.78, 5) is 11.3. The van der Waals surface area contributed by atoms with Gasteiger partial charge in [0, 0.05) is 6.04 Å². The summed E-state index contributed by atoms with van der Waals surface area (Å²) in [5.74, 6) is 0.566. The summed E-state index contributed by atoms with van der Waals surface area (Å²) in [6.07, 6.45) is 5.18. The van der Waals surface area contributed by atoms with Crippen LogP contribution in [0.1, 0.15) is 32.1 Å². The van der Waals surface area contributed by atoms with E-state index in [1.807, 2.05) is 0 Å². The second-order valence-corrected chi connectivity index (χ2v) is 4.37. The second kappa shape index (κ2) is 4.17. The lowest BCUT2D eigenvalue weighted by molar-refractivity contribution is 0.0173. The first kappa shape index (κ1) is 9.77. The lowest BCUT2D eigenvalue weighted by Gasteiger charge is -2.34. The van der Waals surface area contributed by atoms with Gasteiger partial charge in [-0.15, -0.1) is 0 Å². The number of rotatable bonds is 3. The van der Waals surface area contributed by atoms with E-state index in [2.05, 4.69) is 5.32 Å². The van der Waals surface area contributed by atoms with Crippen molar-refractivity contribution in [1.29, 1.82) is 0 Å². The fraction of sp³-hybridized carbons (Fsp3) is 0.900. The number of nitrogens with one attached hydrogen (secondary N) is 1. The van der Waals surface area contributed by atoms with Gasteiger partial charge >= 0.3 is 6.09 Å². The molecule has 0 saturated heterocycles. The normalized spacial score (nSPS) is 31.5. The van der Waals surface area contributed by atoms with Gasteiger partial charge in [0.05, 0.1) is 0 Å². The molecule has 14 heavy (non-hydrogen) atoms. The van der Waals surface area contributed by atoms with E-state index in [9.17, 15) is 4.79 Å². The van der Waals surface area contributed by atoms with Crippen LogP contribution in [0.5, 0.6) is 0 Å². The van der Waals surface area contributed by atoms with Crippen molar-refractivity contribution in [3.8, 4) is 0 Å². The third kappa shape index (κ3) is 2.18. The van der Waals surface area contributed by atoms with Gasteiger partial charge in [-0.2, -0.15) is 0 Å². The minimum atomic E-state index is -0.241. The van der Waals surface area contributed by atoms with E-state index in [4.69, 9.17) is 10.5 Å². The van der Waals surface area contributed by atoms with Crippen molar-refractivity contribution < 1.29 is 9.53 Å². The third-order valence-corrected chi connectivity index (χ3v) is 3.23. The second-order valence-electron chi connectivity index (χ2n) is 4.37. The van der Waals surface area contributed by atoms with Gasteiger partial charge in [-0.1, -0.05) is 0 Å². The largest absolute Gasteiger partial charge is 0.446 e. The molecule has 2 aliphatic carbocycles. The molecule has 0 unspecified atom stereocenters. The molecule has 0 aromatic rings. The van der Waals surface area contributed by atoms with Crippen LogP contribution < -0.4 is 11.1 Å². The van der Waals surface area contributed by atoms with Crippen LogP contribution in [0.3, 0.4) is 0 Å². The standard InChI is InChI=1S/C10H18N2O2/c11-6-7-4-9(5-7)14-10(13)12-8-2-1-3-8/h7-9H,1-6,11H2,(H,12,13). The average molecular weight is 198 g/mol. The topological polar surface area (TPSA) is 64.3 Å². The number of ether oxygens (including phenoxy) is 1. The smallest absolute Gasteiger partial charge is 0.407 e. The highest BCUT2D eigenvalue weighted by molar-refractivity contribution is 5.68. The quantitative estimate of drug-likeness (QED) is 0.711. The Morgan fingerprint density at radius 2 is 2.14 bits per heavy atom. The summed E-state index contributed by atoms with van der Waals surface area (Å²) >= 11 is 0. The molecule has 2 aliphatic rings. The highest BCUT2D eigenvalue weighted by Gasteiger charge is 2.31. The summed E-state index contributed by atoms with van der Waals surface area (Å²) in [5.41, 5.74) is 5.48. The third-order valence-electron chi connectivity index (χ3n) is 3.23. The van der Waals surface area contributed by atoms with Crippen LogP contribution in [0.25, 0.3) is 0 Å². The number of hydrogen-bond acceptors (Lipinski definition) is 3. The van der Waals surface area contributed by atoms with Gasteiger partial charge in [0.1, 0.15) is 6.10 Å². The average Bonchev–Trinajstić information content (AvgIpc) is 2.03. The molecule has 0 bridgehead atoms. The Morgan fingerprint density at radius 3 is 2.64 bits per heavy atom. The summed E-state index contributed by atoms with van der Waals surface area (Å²) < 4.78 is 5.22. The molecule has 0 aliphatic heterocycles. The first-order chi connectivity index (χ1) is 6.78. The number of alkyl carbamates (subject to hydrolysis) is 1. The Morgan fingerprint density at radius 1 is 1.43 bits per heavy atom. The molecule has 0 spiro atoms. The minimum Gasteiger partial charge on any atom is -0.446 e. The molecule has 0 aromatic carbocycles. The van der Waals surface area contributed by atoms with E-state index in [1.165, 1.54) is 6.42 Å². The highest BCUT2D eigenvalue weighted by Crippen LogP contribution is 2.29. The van der Waals surface area contributed by atoms with Crippen LogP contribution in [0.4, 0.5) is 4.79 Å². The molecule has 3 N–H and O–H groups in total. The van der Waals surface area contributed by atoms with Crippen LogP contribution in [0.15, 0.2) is 0 Å². The van der Waals surface area contributed by atoms with Crippen molar-refractivity contribution in [2.45, 2.75) is 44.2 Å². The Kier molecular flexibility index (Phi) is 2.91. The van der Waals surface area contributed by atoms with E-state index in [0.717, 1.165) is 25.7 Å². The Labute approximate surface area is 84.2 Å². The van der Waals surface area contributed by atoms with Crippen LogP contribution in [-0.4, -0.2) is 24.8 Å². The summed E-state index contributed by atoms with van der Waals surface area (Å²) in [6.45, 7) is 0.712. The van der Waals surface area contributed by atoms with Crippen molar-refractivity contribution in [1.82, 2.24) is 5.32 Å². The number of hydrogen-bond donors (Lipinski definition) is 2. The monoisotopic (exact) mass is 198 g/mol. The van der Waals surface area contributed by atoms with Crippen LogP contribution in [0.2, 0.25) is 0 Å². The summed E-state index contributed by atoms with van der Waals surface area (Å²) in [6, 6.07) is 0.368. The SMILES string of the molecule is NCC1CC(OC(=O)NC2CCC2)C1. The predicted octanol–water partition coefficient (Wildman–Crippen LogP) is 1.00. The fourth-order valence-electron chi connectivity index (χ4n) is 1.87. The van der Waals surface area contributed by atoms with E-state index >= 15 is 0 Å². The zero-order valence-electron chi connectivity index (χ0n) is 8.37. The van der Waals surface area contributed by atoms with Crippen molar-refractivity contribution in [2.75, 3.05) is 6.54 Å². The molecule has 2 rings (SSSR count). The molecular formula is C10H18N2O2. The van der Waals surface area contributed by atoms with Crippen LogP contribution in [0, 0.1) is 5.92 Å². The van der Waals surface area contributed by atoms with Gasteiger partial charge in [-0.25, -0.2) is 4.79 Å². The molecule has 0 aromatic heterocycles. The predicted molar refractivity (Wildman–Crippen MR) is 52.8 cm³/mol. The molecule has 2 fully saturated rings. The number of carbonyl (C=O) groups excluding carboxylic acids is 1. The van der Waals surface area contributed by atoms with Crippen molar-refractivity contribution >= 4 is 6.09 Å². The maximum absolute atomic E-state index is 11.3. The van der Waals surface area contributed by atoms with Gasteiger partial charge in [-0.3, -0.25) is 0 Å². The highest BCUT2D eigenvalue weighted by atomic mass is 16.6. The molecular weight excluding hydrogens is 180 g/mol. The van der Waals surface area contributed by atoms with Gasteiger partial charge in [0.2, 0.25) is 0 Å². The number of amides is 1. The Hall–Kier alpha value is -0.770. The van der Waals surface area contributed by atoms with Crippen LogP contribution >= 0.6 is 0 Å². The summed E-state index contributed by atoms with van der Waals surface area (Å²) in [7, 11) is 0. The zero-order chi connectivity index (χ0) is 9.97. The van der Waals surface area contributed by atoms with Crippen LogP contribution in [-0.2, 0) is 4.74 Å². The molecule has 2 saturated carbocycles. The molecule has 80 valence electrons. The van der Waals surface area contributed by atoms with Gasteiger partial charge in [-0.05, 0) is 44.6 Å². The lowest BCUT2D eigenvalue weighted by atomic mass is 9.82. The van der Waals surface area contributed by atoms with Crippen molar-refractivity contribution in [3.63, 3.8) is 0 Å². The van der Waals surface area contributed by atoms with E-state index in [0.29, 0.717) is 18.5 Å². The Balaban J connectivity index is 1.58. The fourth-order valence-corrected chi connectivity index (χ4v) is 1.87. The van der Waals surface area contributed by atoms with Gasteiger partial charge < -0.3 is 15.8 Å². The van der Waals surface area contributed by atoms with E-state index in [1.54, 1.807) is 0 Å². The van der Waals surface area contributed by atoms with Crippen molar-refractivity contribution in [2.24, 2.45) is 11.7 Å². The molecule has 4 heteroatoms.